The molecule has 0 saturated carbocycles. The monoisotopic (exact) mass is 484 g/mol. The van der Waals surface area contributed by atoms with E-state index in [9.17, 15) is 19.2 Å². The van der Waals surface area contributed by atoms with Crippen molar-refractivity contribution in [3.8, 4) is 28.8 Å². The number of halogens is 1. The van der Waals surface area contributed by atoms with Crippen LogP contribution in [0.2, 0.25) is 0 Å². The quantitative estimate of drug-likeness (QED) is 0.265. The van der Waals surface area contributed by atoms with E-state index < -0.39 is 17.6 Å². The van der Waals surface area contributed by atoms with Crippen LogP contribution in [0.3, 0.4) is 0 Å². The number of carbonyl (C=O) groups is 2. The third-order valence-corrected chi connectivity index (χ3v) is 5.97. The van der Waals surface area contributed by atoms with Crippen molar-refractivity contribution in [2.45, 2.75) is 26.7 Å². The number of hydrogen-bond donors (Lipinski definition) is 0. The van der Waals surface area contributed by atoms with Crippen molar-refractivity contribution >= 4 is 17.9 Å². The zero-order chi connectivity index (χ0) is 25.8. The summed E-state index contributed by atoms with van der Waals surface area (Å²) in [6.45, 7) is 4.02. The van der Waals surface area contributed by atoms with E-state index in [4.69, 9.17) is 4.74 Å². The number of nitrogens with zero attached hydrogens (tertiary/aromatic N) is 4. The van der Waals surface area contributed by atoms with E-state index in [1.165, 1.54) is 13.1 Å². The summed E-state index contributed by atoms with van der Waals surface area (Å²) < 4.78 is 22.1. The molecule has 0 unspecified atom stereocenters. The molecule has 0 saturated heterocycles. The second kappa shape index (κ2) is 10.4. The Labute approximate surface area is 208 Å². The topological polar surface area (TPSA) is 88.2 Å². The highest BCUT2D eigenvalue weighted by Gasteiger charge is 2.33. The Morgan fingerprint density at radius 1 is 1.14 bits per heavy atom. The van der Waals surface area contributed by atoms with Crippen molar-refractivity contribution in [3.63, 3.8) is 0 Å². The Bertz CT molecular complexity index is 1430. The number of para-hydroxylation sites is 1. The van der Waals surface area contributed by atoms with Crippen LogP contribution in [0, 0.1) is 17.1 Å². The highest BCUT2D eigenvalue weighted by molar-refractivity contribution is 6.19. The molecular weight excluding hydrogens is 459 g/mol. The first-order valence-electron chi connectivity index (χ1n) is 11.6. The van der Waals surface area contributed by atoms with Crippen LogP contribution in [-0.2, 0) is 9.59 Å². The Morgan fingerprint density at radius 3 is 2.56 bits per heavy atom. The smallest absolute Gasteiger partial charge is 0.271 e. The second-order valence-corrected chi connectivity index (χ2v) is 8.40. The fourth-order valence-electron chi connectivity index (χ4n) is 3.88. The van der Waals surface area contributed by atoms with E-state index in [0.29, 0.717) is 23.4 Å². The van der Waals surface area contributed by atoms with Gasteiger partial charge in [0.05, 0.1) is 12.3 Å². The Morgan fingerprint density at radius 2 is 1.89 bits per heavy atom. The van der Waals surface area contributed by atoms with Gasteiger partial charge in [-0.25, -0.2) is 9.07 Å². The highest BCUT2D eigenvalue weighted by Crippen LogP contribution is 2.32. The van der Waals surface area contributed by atoms with Gasteiger partial charge in [-0.3, -0.25) is 14.5 Å². The number of aromatic nitrogens is 2. The molecule has 3 aromatic rings. The number of rotatable bonds is 7. The Balaban J connectivity index is 1.85. The standard InChI is InChI=1S/C28H25FN4O3/c1-4-5-13-36-25-12-11-19(15-24(25)29)26-20(17-33(31-26)21-9-7-6-8-10-21)14-22-18(2)23(16-30)28(35)32(3)27(22)34/h6-12,14-15,17H,4-5,13H2,1-3H3/b22-14+. The molecule has 0 spiro atoms. The fraction of sp³-hybridized carbons (Fsp3) is 0.214. The van der Waals surface area contributed by atoms with Crippen LogP contribution < -0.4 is 4.74 Å². The van der Waals surface area contributed by atoms with E-state index in [1.54, 1.807) is 36.0 Å². The number of ether oxygens (including phenoxy) is 1. The normalized spacial score (nSPS) is 15.0. The van der Waals surface area contributed by atoms with Gasteiger partial charge >= 0.3 is 0 Å². The van der Waals surface area contributed by atoms with E-state index in [0.717, 1.165) is 23.4 Å². The molecule has 0 radical (unpaired) electrons. The van der Waals surface area contributed by atoms with E-state index in [-0.39, 0.29) is 22.5 Å². The Hall–Kier alpha value is -4.51. The van der Waals surface area contributed by atoms with Crippen molar-refractivity contribution in [1.82, 2.24) is 14.7 Å². The number of benzene rings is 2. The molecule has 1 aliphatic heterocycles. The van der Waals surface area contributed by atoms with Crippen LogP contribution in [0.4, 0.5) is 4.39 Å². The number of carbonyl (C=O) groups excluding carboxylic acids is 2. The molecule has 0 N–H and O–H groups in total. The summed E-state index contributed by atoms with van der Waals surface area (Å²) >= 11 is 0. The molecule has 8 heteroatoms. The van der Waals surface area contributed by atoms with Crippen LogP contribution in [0.25, 0.3) is 23.0 Å². The minimum absolute atomic E-state index is 0.0972. The van der Waals surface area contributed by atoms with E-state index >= 15 is 0 Å². The van der Waals surface area contributed by atoms with Crippen LogP contribution in [-0.4, -0.2) is 40.1 Å². The van der Waals surface area contributed by atoms with Gasteiger partial charge in [0.15, 0.2) is 11.6 Å². The first-order valence-corrected chi connectivity index (χ1v) is 11.6. The fourth-order valence-corrected chi connectivity index (χ4v) is 3.88. The predicted octanol–water partition coefficient (Wildman–Crippen LogP) is 5.08. The summed E-state index contributed by atoms with van der Waals surface area (Å²) in [5, 5.41) is 14.2. The van der Waals surface area contributed by atoms with Gasteiger partial charge in [0.2, 0.25) is 0 Å². The summed E-state index contributed by atoms with van der Waals surface area (Å²) in [5.74, 6) is -1.52. The molecule has 0 fully saturated rings. The van der Waals surface area contributed by atoms with Crippen LogP contribution in [0.1, 0.15) is 32.3 Å². The molecule has 4 rings (SSSR count). The van der Waals surface area contributed by atoms with Crippen molar-refractivity contribution in [2.75, 3.05) is 13.7 Å². The largest absolute Gasteiger partial charge is 0.491 e. The molecule has 0 bridgehead atoms. The van der Waals surface area contributed by atoms with Gasteiger partial charge in [-0.15, -0.1) is 0 Å². The first kappa shape index (κ1) is 24.6. The molecule has 2 aromatic carbocycles. The maximum Gasteiger partial charge on any atom is 0.271 e. The second-order valence-electron chi connectivity index (χ2n) is 8.40. The number of likely N-dealkylation sites (N-methyl/N-ethyl adjacent to an activating group) is 1. The van der Waals surface area contributed by atoms with Crippen LogP contribution >= 0.6 is 0 Å². The number of nitriles is 1. The number of hydrogen-bond acceptors (Lipinski definition) is 5. The summed E-state index contributed by atoms with van der Waals surface area (Å²) in [6, 6.07) is 15.9. The molecule has 36 heavy (non-hydrogen) atoms. The summed E-state index contributed by atoms with van der Waals surface area (Å²) in [4.78, 5) is 26.2. The molecule has 7 nitrogen and oxygen atoms in total. The SMILES string of the molecule is CCCCOc1ccc(-c2nn(-c3ccccc3)cc2/C=C2/C(=O)N(C)C(=O)C(C#N)=C2C)cc1F. The van der Waals surface area contributed by atoms with Gasteiger partial charge in [0.1, 0.15) is 17.3 Å². The number of imide groups is 1. The third-order valence-electron chi connectivity index (χ3n) is 5.97. The lowest BCUT2D eigenvalue weighted by molar-refractivity contribution is -0.138. The van der Waals surface area contributed by atoms with Gasteiger partial charge in [-0.1, -0.05) is 31.5 Å². The van der Waals surface area contributed by atoms with E-state index in [2.05, 4.69) is 5.10 Å². The lowest BCUT2D eigenvalue weighted by Gasteiger charge is -2.23. The van der Waals surface area contributed by atoms with Gasteiger partial charge in [-0.2, -0.15) is 10.4 Å². The summed E-state index contributed by atoms with van der Waals surface area (Å²) in [6.07, 6.45) is 5.08. The minimum atomic E-state index is -0.641. The molecule has 182 valence electrons. The van der Waals surface area contributed by atoms with Gasteiger partial charge in [0, 0.05) is 29.9 Å². The average molecular weight is 485 g/mol. The molecular formula is C28H25FN4O3. The molecule has 0 atom stereocenters. The highest BCUT2D eigenvalue weighted by atomic mass is 19.1. The predicted molar refractivity (Wildman–Crippen MR) is 133 cm³/mol. The zero-order valence-corrected chi connectivity index (χ0v) is 20.3. The summed E-state index contributed by atoms with van der Waals surface area (Å²) in [7, 11) is 1.34. The van der Waals surface area contributed by atoms with Crippen molar-refractivity contribution < 1.29 is 18.7 Å². The molecule has 2 amide bonds. The minimum Gasteiger partial charge on any atom is -0.491 e. The van der Waals surface area contributed by atoms with Crippen LogP contribution in [0.5, 0.6) is 5.75 Å². The molecule has 1 aromatic heterocycles. The maximum absolute atomic E-state index is 14.9. The van der Waals surface area contributed by atoms with Crippen molar-refractivity contribution in [1.29, 1.82) is 5.26 Å². The van der Waals surface area contributed by atoms with Gasteiger partial charge in [0.25, 0.3) is 11.8 Å². The van der Waals surface area contributed by atoms with Gasteiger partial charge < -0.3 is 4.74 Å². The number of amides is 2. The summed E-state index contributed by atoms with van der Waals surface area (Å²) in [5.41, 5.74) is 2.62. The van der Waals surface area contributed by atoms with Crippen LogP contribution in [0.15, 0.2) is 71.4 Å². The third kappa shape index (κ3) is 4.68. The lowest BCUT2D eigenvalue weighted by Crippen LogP contribution is -2.39. The Kier molecular flexibility index (Phi) is 7.11. The van der Waals surface area contributed by atoms with Crippen molar-refractivity contribution in [3.05, 3.63) is 82.8 Å². The first-order chi connectivity index (χ1) is 17.3. The number of unbranched alkanes of at least 4 members (excludes halogenated alkanes) is 1. The molecule has 2 heterocycles. The molecule has 0 aliphatic carbocycles. The van der Waals surface area contributed by atoms with Gasteiger partial charge in [-0.05, 0) is 55.3 Å². The van der Waals surface area contributed by atoms with E-state index in [1.807, 2.05) is 43.3 Å². The van der Waals surface area contributed by atoms with Crippen molar-refractivity contribution in [2.24, 2.45) is 0 Å². The zero-order valence-electron chi connectivity index (χ0n) is 20.3. The molecule has 1 aliphatic rings. The average Bonchev–Trinajstić information content (AvgIpc) is 3.31. The lowest BCUT2D eigenvalue weighted by atomic mass is 9.93. The maximum atomic E-state index is 14.9.